The SMILES string of the molecule is Cc1cc(C)c([N+](=O)[O-])c(C)c1[C@@H]1C(N)=C(C#N)OC2=C1C(=O)CC(C)(C)C2. The van der Waals surface area contributed by atoms with Gasteiger partial charge in [0, 0.05) is 29.5 Å². The van der Waals surface area contributed by atoms with Crippen LogP contribution >= 0.6 is 0 Å². The van der Waals surface area contributed by atoms with Crippen molar-refractivity contribution < 1.29 is 14.5 Å². The molecule has 1 aliphatic carbocycles. The average Bonchev–Trinajstić information content (AvgIpc) is 2.54. The summed E-state index contributed by atoms with van der Waals surface area (Å²) in [4.78, 5) is 24.3. The van der Waals surface area contributed by atoms with E-state index in [1.165, 1.54) is 0 Å². The smallest absolute Gasteiger partial charge is 0.275 e. The van der Waals surface area contributed by atoms with Crippen molar-refractivity contribution in [1.82, 2.24) is 0 Å². The van der Waals surface area contributed by atoms with Gasteiger partial charge in [-0.25, -0.2) is 0 Å². The molecule has 2 N–H and O–H groups in total. The van der Waals surface area contributed by atoms with Gasteiger partial charge >= 0.3 is 0 Å². The molecule has 0 spiro atoms. The number of carbonyl (C=O) groups is 1. The maximum Gasteiger partial charge on any atom is 0.275 e. The first-order valence-electron chi connectivity index (χ1n) is 9.07. The van der Waals surface area contributed by atoms with Gasteiger partial charge in [0.05, 0.1) is 16.5 Å². The van der Waals surface area contributed by atoms with Crippen LogP contribution in [-0.4, -0.2) is 10.7 Å². The monoisotopic (exact) mass is 381 g/mol. The Balaban J connectivity index is 2.34. The molecule has 7 heteroatoms. The lowest BCUT2D eigenvalue weighted by Crippen LogP contribution is -2.34. The summed E-state index contributed by atoms with van der Waals surface area (Å²) in [5.74, 6) is -0.421. The van der Waals surface area contributed by atoms with Crippen molar-refractivity contribution in [3.63, 3.8) is 0 Å². The van der Waals surface area contributed by atoms with E-state index in [2.05, 4.69) is 0 Å². The maximum atomic E-state index is 13.0. The molecule has 1 heterocycles. The molecule has 0 unspecified atom stereocenters. The van der Waals surface area contributed by atoms with Gasteiger partial charge in [-0.1, -0.05) is 13.8 Å². The molecule has 1 aromatic carbocycles. The van der Waals surface area contributed by atoms with Crippen LogP contribution in [0.3, 0.4) is 0 Å². The van der Waals surface area contributed by atoms with Gasteiger partial charge in [-0.05, 0) is 43.4 Å². The second-order valence-electron chi connectivity index (χ2n) is 8.36. The van der Waals surface area contributed by atoms with Gasteiger partial charge in [-0.3, -0.25) is 14.9 Å². The molecule has 0 saturated heterocycles. The molecule has 0 saturated carbocycles. The summed E-state index contributed by atoms with van der Waals surface area (Å²) in [7, 11) is 0. The summed E-state index contributed by atoms with van der Waals surface area (Å²) < 4.78 is 5.71. The third-order valence-electron chi connectivity index (χ3n) is 5.53. The summed E-state index contributed by atoms with van der Waals surface area (Å²) in [6.45, 7) is 9.12. The zero-order valence-electron chi connectivity index (χ0n) is 16.7. The van der Waals surface area contributed by atoms with Crippen LogP contribution < -0.4 is 5.73 Å². The van der Waals surface area contributed by atoms with Gasteiger partial charge < -0.3 is 10.5 Å². The average molecular weight is 381 g/mol. The Kier molecular flexibility index (Phi) is 4.54. The lowest BCUT2D eigenvalue weighted by atomic mass is 9.70. The number of allylic oxidation sites excluding steroid dienone is 3. The van der Waals surface area contributed by atoms with Crippen molar-refractivity contribution >= 4 is 11.5 Å². The van der Waals surface area contributed by atoms with Crippen molar-refractivity contribution in [2.45, 2.75) is 53.4 Å². The number of carbonyl (C=O) groups excluding carboxylic acids is 1. The number of aryl methyl sites for hydroxylation is 2. The predicted octanol–water partition coefficient (Wildman–Crippen LogP) is 3.97. The molecule has 28 heavy (non-hydrogen) atoms. The number of ether oxygens (including phenoxy) is 1. The number of nitriles is 1. The first kappa shape index (κ1) is 19.6. The Hall–Kier alpha value is -3.14. The van der Waals surface area contributed by atoms with Crippen LogP contribution in [0.4, 0.5) is 5.69 Å². The molecule has 0 amide bonds. The van der Waals surface area contributed by atoms with Gasteiger partial charge in [0.1, 0.15) is 11.8 Å². The highest BCUT2D eigenvalue weighted by molar-refractivity contribution is 6.00. The number of nitro groups is 1. The van der Waals surface area contributed by atoms with E-state index in [0.717, 1.165) is 5.56 Å². The molecule has 2 aliphatic rings. The molecular formula is C21H23N3O4. The van der Waals surface area contributed by atoms with Crippen molar-refractivity contribution in [2.24, 2.45) is 11.1 Å². The van der Waals surface area contributed by atoms with Gasteiger partial charge in [0.15, 0.2) is 5.78 Å². The number of hydrogen-bond donors (Lipinski definition) is 1. The summed E-state index contributed by atoms with van der Waals surface area (Å²) >= 11 is 0. The number of rotatable bonds is 2. The Bertz CT molecular complexity index is 1030. The first-order valence-corrected chi connectivity index (χ1v) is 9.07. The number of nitrogens with two attached hydrogens (primary N) is 1. The van der Waals surface area contributed by atoms with Gasteiger partial charge in [-0.2, -0.15) is 5.26 Å². The van der Waals surface area contributed by atoms with E-state index >= 15 is 0 Å². The summed E-state index contributed by atoms with van der Waals surface area (Å²) in [6, 6.07) is 3.70. The highest BCUT2D eigenvalue weighted by Crippen LogP contribution is 2.49. The van der Waals surface area contributed by atoms with E-state index in [-0.39, 0.29) is 28.3 Å². The highest BCUT2D eigenvalue weighted by atomic mass is 16.6. The van der Waals surface area contributed by atoms with E-state index < -0.39 is 10.8 Å². The van der Waals surface area contributed by atoms with Crippen LogP contribution in [0, 0.1) is 47.6 Å². The van der Waals surface area contributed by atoms with Crippen LogP contribution in [0.15, 0.2) is 28.9 Å². The number of Topliss-reactive ketones (excluding diaryl/α,β-unsaturated/α-hetero) is 1. The molecule has 3 rings (SSSR count). The van der Waals surface area contributed by atoms with E-state index in [1.54, 1.807) is 19.9 Å². The third-order valence-corrected chi connectivity index (χ3v) is 5.53. The van der Waals surface area contributed by atoms with E-state index in [1.807, 2.05) is 26.8 Å². The Morgan fingerprint density at radius 1 is 1.29 bits per heavy atom. The van der Waals surface area contributed by atoms with E-state index in [4.69, 9.17) is 10.5 Å². The third kappa shape index (κ3) is 2.95. The molecule has 1 aromatic rings. The fourth-order valence-corrected chi connectivity index (χ4v) is 4.46. The Morgan fingerprint density at radius 3 is 2.50 bits per heavy atom. The van der Waals surface area contributed by atoms with Crippen LogP contribution in [0.2, 0.25) is 0 Å². The molecule has 1 atom stereocenters. The minimum atomic E-state index is -0.721. The van der Waals surface area contributed by atoms with Crippen molar-refractivity contribution in [1.29, 1.82) is 5.26 Å². The number of ketones is 1. The van der Waals surface area contributed by atoms with Crippen LogP contribution in [0.1, 0.15) is 54.9 Å². The lowest BCUT2D eigenvalue weighted by molar-refractivity contribution is -0.386. The molecular weight excluding hydrogens is 358 g/mol. The zero-order chi connectivity index (χ0) is 21.0. The van der Waals surface area contributed by atoms with Gasteiger partial charge in [0.25, 0.3) is 5.69 Å². The van der Waals surface area contributed by atoms with Crippen molar-refractivity contribution in [2.75, 3.05) is 0 Å². The minimum absolute atomic E-state index is 0.00383. The second kappa shape index (κ2) is 6.48. The predicted molar refractivity (Wildman–Crippen MR) is 103 cm³/mol. The molecule has 0 aromatic heterocycles. The van der Waals surface area contributed by atoms with Crippen molar-refractivity contribution in [3.8, 4) is 6.07 Å². The molecule has 146 valence electrons. The van der Waals surface area contributed by atoms with E-state index in [9.17, 15) is 20.2 Å². The molecule has 0 bridgehead atoms. The minimum Gasteiger partial charge on any atom is -0.448 e. The van der Waals surface area contributed by atoms with Crippen molar-refractivity contribution in [3.05, 3.63) is 61.2 Å². The summed E-state index contributed by atoms with van der Waals surface area (Å²) in [6.07, 6.45) is 0.821. The van der Waals surface area contributed by atoms with Gasteiger partial charge in [-0.15, -0.1) is 0 Å². The largest absolute Gasteiger partial charge is 0.448 e. The summed E-state index contributed by atoms with van der Waals surface area (Å²) in [5.41, 5.74) is 8.93. The normalized spacial score (nSPS) is 21.1. The van der Waals surface area contributed by atoms with Crippen LogP contribution in [0.5, 0.6) is 0 Å². The fourth-order valence-electron chi connectivity index (χ4n) is 4.46. The van der Waals surface area contributed by atoms with Crippen LogP contribution in [0.25, 0.3) is 0 Å². The molecule has 7 nitrogen and oxygen atoms in total. The highest BCUT2D eigenvalue weighted by Gasteiger charge is 2.44. The Morgan fingerprint density at radius 2 is 1.93 bits per heavy atom. The standard InChI is InChI=1S/C21H23N3O4/c1-10-6-11(2)20(24(26)27)12(3)16(10)18-17-13(25)7-21(4,5)8-14(17)28-15(9-22)19(18)23/h6,18H,7-8,23H2,1-5H3/t18-/m0/s1. The number of benzene rings is 1. The molecule has 0 radical (unpaired) electrons. The zero-order valence-corrected chi connectivity index (χ0v) is 16.7. The fraction of sp³-hybridized carbons (Fsp3) is 0.429. The molecule has 0 fully saturated rings. The summed E-state index contributed by atoms with van der Waals surface area (Å²) in [5, 5.41) is 21.1. The number of hydrogen-bond acceptors (Lipinski definition) is 6. The molecule has 1 aliphatic heterocycles. The Labute approximate surface area is 163 Å². The first-order chi connectivity index (χ1) is 13.0. The quantitative estimate of drug-likeness (QED) is 0.611. The van der Waals surface area contributed by atoms with E-state index in [0.29, 0.717) is 40.9 Å². The lowest BCUT2D eigenvalue weighted by Gasteiger charge is -2.38. The number of nitro benzene ring substituents is 1. The topological polar surface area (TPSA) is 119 Å². The van der Waals surface area contributed by atoms with Gasteiger partial charge in [0.2, 0.25) is 5.76 Å². The van der Waals surface area contributed by atoms with Crippen LogP contribution in [-0.2, 0) is 9.53 Å². The second-order valence-corrected chi connectivity index (χ2v) is 8.36. The maximum absolute atomic E-state index is 13.0. The number of nitrogens with zero attached hydrogens (tertiary/aromatic N) is 2.